The van der Waals surface area contributed by atoms with Crippen LogP contribution in [0.2, 0.25) is 0 Å². The number of nitrogens with zero attached hydrogens (tertiary/aromatic N) is 1. The summed E-state index contributed by atoms with van der Waals surface area (Å²) in [5.74, 6) is 0. The van der Waals surface area contributed by atoms with Gasteiger partial charge in [-0.05, 0) is 38.4 Å². The van der Waals surface area contributed by atoms with Crippen molar-refractivity contribution in [3.05, 3.63) is 58.4 Å². The second-order valence-corrected chi connectivity index (χ2v) is 5.91. The van der Waals surface area contributed by atoms with Crippen LogP contribution in [-0.2, 0) is 6.54 Å². The minimum absolute atomic E-state index is 0.111. The standard InChI is InChI=1S/C19H26N2O/c1-4-5-13-20-14-17-11-12-18(16-9-7-6-8-10-16)21(15(2)3)19(17)22/h6-12,15,20H,4-5,13-14H2,1-3H3. The van der Waals surface area contributed by atoms with E-state index in [0.717, 1.165) is 36.2 Å². The average molecular weight is 298 g/mol. The molecule has 0 atom stereocenters. The van der Waals surface area contributed by atoms with E-state index in [-0.39, 0.29) is 11.6 Å². The Labute approximate surface area is 133 Å². The molecule has 0 fully saturated rings. The zero-order valence-corrected chi connectivity index (χ0v) is 13.8. The predicted molar refractivity (Wildman–Crippen MR) is 93.1 cm³/mol. The first-order valence-electron chi connectivity index (χ1n) is 8.15. The lowest BCUT2D eigenvalue weighted by molar-refractivity contribution is 0.570. The molecule has 0 unspecified atom stereocenters. The first-order valence-corrected chi connectivity index (χ1v) is 8.15. The van der Waals surface area contributed by atoms with Crippen molar-refractivity contribution in [2.45, 2.75) is 46.2 Å². The van der Waals surface area contributed by atoms with Crippen LogP contribution >= 0.6 is 0 Å². The molecule has 0 bridgehead atoms. The molecule has 0 radical (unpaired) electrons. The molecule has 2 rings (SSSR count). The minimum Gasteiger partial charge on any atom is -0.312 e. The quantitative estimate of drug-likeness (QED) is 0.784. The van der Waals surface area contributed by atoms with Crippen LogP contribution in [0.3, 0.4) is 0 Å². The van der Waals surface area contributed by atoms with Crippen LogP contribution in [0.5, 0.6) is 0 Å². The molecular weight excluding hydrogens is 272 g/mol. The van der Waals surface area contributed by atoms with E-state index >= 15 is 0 Å². The van der Waals surface area contributed by atoms with Gasteiger partial charge in [-0.25, -0.2) is 0 Å². The smallest absolute Gasteiger partial charge is 0.255 e. The van der Waals surface area contributed by atoms with Crippen LogP contribution < -0.4 is 10.9 Å². The summed E-state index contributed by atoms with van der Waals surface area (Å²) in [6.45, 7) is 7.88. The maximum absolute atomic E-state index is 12.8. The van der Waals surface area contributed by atoms with E-state index in [1.807, 2.05) is 41.0 Å². The van der Waals surface area contributed by atoms with Gasteiger partial charge < -0.3 is 9.88 Å². The van der Waals surface area contributed by atoms with Crippen LogP contribution in [0.25, 0.3) is 11.3 Å². The fourth-order valence-corrected chi connectivity index (χ4v) is 2.61. The Morgan fingerprint density at radius 1 is 1.09 bits per heavy atom. The molecular formula is C19H26N2O. The minimum atomic E-state index is 0.111. The van der Waals surface area contributed by atoms with E-state index in [1.165, 1.54) is 0 Å². The number of benzene rings is 1. The Bertz CT molecular complexity index is 644. The van der Waals surface area contributed by atoms with Crippen LogP contribution in [0, 0.1) is 0 Å². The number of rotatable bonds is 7. The first-order chi connectivity index (χ1) is 10.6. The highest BCUT2D eigenvalue weighted by Gasteiger charge is 2.12. The van der Waals surface area contributed by atoms with E-state index in [0.29, 0.717) is 6.54 Å². The van der Waals surface area contributed by atoms with Gasteiger partial charge >= 0.3 is 0 Å². The molecule has 1 heterocycles. The molecule has 0 aliphatic rings. The fourth-order valence-electron chi connectivity index (χ4n) is 2.61. The fraction of sp³-hybridized carbons (Fsp3) is 0.421. The third-order valence-corrected chi connectivity index (χ3v) is 3.80. The van der Waals surface area contributed by atoms with Gasteiger partial charge in [0.25, 0.3) is 5.56 Å². The summed E-state index contributed by atoms with van der Waals surface area (Å²) in [5, 5.41) is 3.36. The lowest BCUT2D eigenvalue weighted by Gasteiger charge is -2.18. The van der Waals surface area contributed by atoms with E-state index in [9.17, 15) is 4.79 Å². The van der Waals surface area contributed by atoms with Gasteiger partial charge in [-0.3, -0.25) is 4.79 Å². The van der Waals surface area contributed by atoms with Gasteiger partial charge in [0.2, 0.25) is 0 Å². The summed E-state index contributed by atoms with van der Waals surface area (Å²) in [6, 6.07) is 14.3. The largest absolute Gasteiger partial charge is 0.312 e. The van der Waals surface area contributed by atoms with Crippen molar-refractivity contribution in [2.24, 2.45) is 0 Å². The third kappa shape index (κ3) is 3.86. The lowest BCUT2D eigenvalue weighted by Crippen LogP contribution is -2.29. The van der Waals surface area contributed by atoms with Gasteiger partial charge in [-0.2, -0.15) is 0 Å². The number of aromatic nitrogens is 1. The molecule has 22 heavy (non-hydrogen) atoms. The van der Waals surface area contributed by atoms with Crippen LogP contribution in [0.4, 0.5) is 0 Å². The molecule has 0 amide bonds. The summed E-state index contributed by atoms with van der Waals surface area (Å²) in [4.78, 5) is 12.8. The van der Waals surface area contributed by atoms with Crippen molar-refractivity contribution >= 4 is 0 Å². The van der Waals surface area contributed by atoms with Crippen molar-refractivity contribution in [1.82, 2.24) is 9.88 Å². The van der Waals surface area contributed by atoms with Crippen molar-refractivity contribution in [3.8, 4) is 11.3 Å². The van der Waals surface area contributed by atoms with Gasteiger partial charge in [0.05, 0.1) is 5.69 Å². The molecule has 1 aromatic carbocycles. The van der Waals surface area contributed by atoms with E-state index in [2.05, 4.69) is 32.2 Å². The summed E-state index contributed by atoms with van der Waals surface area (Å²) in [7, 11) is 0. The van der Waals surface area contributed by atoms with Crippen molar-refractivity contribution in [1.29, 1.82) is 0 Å². The summed E-state index contributed by atoms with van der Waals surface area (Å²) in [5.41, 5.74) is 3.02. The maximum atomic E-state index is 12.8. The summed E-state index contributed by atoms with van der Waals surface area (Å²) < 4.78 is 1.90. The highest BCUT2D eigenvalue weighted by atomic mass is 16.1. The Morgan fingerprint density at radius 2 is 1.82 bits per heavy atom. The number of hydrogen-bond acceptors (Lipinski definition) is 2. The molecule has 0 saturated heterocycles. The molecule has 3 heteroatoms. The highest BCUT2D eigenvalue weighted by Crippen LogP contribution is 2.21. The Morgan fingerprint density at radius 3 is 2.45 bits per heavy atom. The molecule has 118 valence electrons. The molecule has 0 saturated carbocycles. The summed E-state index contributed by atoms with van der Waals surface area (Å²) in [6.07, 6.45) is 2.30. The second kappa shape index (κ2) is 7.95. The number of unbranched alkanes of at least 4 members (excludes halogenated alkanes) is 1. The topological polar surface area (TPSA) is 34.0 Å². The zero-order chi connectivity index (χ0) is 15.9. The van der Waals surface area contributed by atoms with Gasteiger partial charge in [0.1, 0.15) is 0 Å². The van der Waals surface area contributed by atoms with E-state index < -0.39 is 0 Å². The van der Waals surface area contributed by atoms with Gasteiger partial charge in [0.15, 0.2) is 0 Å². The Kier molecular flexibility index (Phi) is 5.96. The monoisotopic (exact) mass is 298 g/mol. The molecule has 1 N–H and O–H groups in total. The molecule has 0 aliphatic carbocycles. The van der Waals surface area contributed by atoms with Crippen LogP contribution in [0.1, 0.15) is 45.2 Å². The van der Waals surface area contributed by atoms with Gasteiger partial charge in [-0.1, -0.05) is 49.7 Å². The predicted octanol–water partition coefficient (Wildman–Crippen LogP) is 3.99. The maximum Gasteiger partial charge on any atom is 0.255 e. The average Bonchev–Trinajstić information content (AvgIpc) is 2.53. The molecule has 2 aromatic rings. The highest BCUT2D eigenvalue weighted by molar-refractivity contribution is 5.59. The van der Waals surface area contributed by atoms with Crippen molar-refractivity contribution in [2.75, 3.05) is 6.54 Å². The summed E-state index contributed by atoms with van der Waals surface area (Å²) >= 11 is 0. The lowest BCUT2D eigenvalue weighted by atomic mass is 10.1. The zero-order valence-electron chi connectivity index (χ0n) is 13.8. The molecule has 0 aliphatic heterocycles. The van der Waals surface area contributed by atoms with Crippen molar-refractivity contribution in [3.63, 3.8) is 0 Å². The molecule has 1 aromatic heterocycles. The molecule has 3 nitrogen and oxygen atoms in total. The normalized spacial score (nSPS) is 11.1. The second-order valence-electron chi connectivity index (χ2n) is 5.91. The van der Waals surface area contributed by atoms with Gasteiger partial charge in [-0.15, -0.1) is 0 Å². The van der Waals surface area contributed by atoms with E-state index in [4.69, 9.17) is 0 Å². The SMILES string of the molecule is CCCCNCc1ccc(-c2ccccc2)n(C(C)C)c1=O. The van der Waals surface area contributed by atoms with Gasteiger partial charge in [0, 0.05) is 18.2 Å². The van der Waals surface area contributed by atoms with Crippen LogP contribution in [-0.4, -0.2) is 11.1 Å². The Balaban J connectivity index is 2.34. The Hall–Kier alpha value is -1.87. The number of pyridine rings is 1. The van der Waals surface area contributed by atoms with E-state index in [1.54, 1.807) is 0 Å². The number of nitrogens with one attached hydrogen (secondary N) is 1. The third-order valence-electron chi connectivity index (χ3n) is 3.80. The first kappa shape index (κ1) is 16.5. The molecule has 0 spiro atoms. The van der Waals surface area contributed by atoms with Crippen LogP contribution in [0.15, 0.2) is 47.3 Å². The van der Waals surface area contributed by atoms with Crippen molar-refractivity contribution < 1.29 is 0 Å². The number of hydrogen-bond donors (Lipinski definition) is 1.